The van der Waals surface area contributed by atoms with Crippen molar-refractivity contribution in [2.45, 2.75) is 20.0 Å². The molecule has 0 atom stereocenters. The molecule has 4 nitrogen and oxygen atoms in total. The lowest BCUT2D eigenvalue weighted by molar-refractivity contribution is 0.0342. The van der Waals surface area contributed by atoms with E-state index in [-0.39, 0.29) is 0 Å². The summed E-state index contributed by atoms with van der Waals surface area (Å²) in [7, 11) is 0. The van der Waals surface area contributed by atoms with Gasteiger partial charge in [0.15, 0.2) is 0 Å². The first kappa shape index (κ1) is 19.0. The first-order valence-electron chi connectivity index (χ1n) is 10.8. The molecule has 2 heterocycles. The van der Waals surface area contributed by atoms with E-state index in [9.17, 15) is 0 Å². The summed E-state index contributed by atoms with van der Waals surface area (Å²) in [4.78, 5) is 5.07. The van der Waals surface area contributed by atoms with Crippen LogP contribution in [0.25, 0.3) is 21.5 Å². The third-order valence-electron chi connectivity index (χ3n) is 6.37. The fraction of sp³-hybridized carbons (Fsp3) is 0.440. The maximum absolute atomic E-state index is 5.58. The highest BCUT2D eigenvalue weighted by atomic mass is 16.5. The second kappa shape index (κ2) is 8.41. The third-order valence-corrected chi connectivity index (χ3v) is 6.37. The molecule has 0 aliphatic carbocycles. The molecule has 152 valence electrons. The van der Waals surface area contributed by atoms with E-state index in [4.69, 9.17) is 9.47 Å². The van der Waals surface area contributed by atoms with Crippen LogP contribution in [0.2, 0.25) is 0 Å². The zero-order valence-corrected chi connectivity index (χ0v) is 17.3. The van der Waals surface area contributed by atoms with Gasteiger partial charge in [-0.1, -0.05) is 48.0 Å². The predicted molar refractivity (Wildman–Crippen MR) is 118 cm³/mol. The van der Waals surface area contributed by atoms with E-state index >= 15 is 0 Å². The fourth-order valence-corrected chi connectivity index (χ4v) is 4.78. The topological polar surface area (TPSA) is 24.9 Å². The average Bonchev–Trinajstić information content (AvgIpc) is 2.77. The van der Waals surface area contributed by atoms with Gasteiger partial charge >= 0.3 is 0 Å². The van der Waals surface area contributed by atoms with Crippen LogP contribution in [0.1, 0.15) is 16.7 Å². The van der Waals surface area contributed by atoms with Crippen LogP contribution in [0.15, 0.2) is 42.5 Å². The van der Waals surface area contributed by atoms with Gasteiger partial charge in [0, 0.05) is 39.3 Å². The number of rotatable bonds is 4. The van der Waals surface area contributed by atoms with Crippen molar-refractivity contribution in [1.29, 1.82) is 0 Å². The van der Waals surface area contributed by atoms with E-state index in [0.717, 1.165) is 65.7 Å². The van der Waals surface area contributed by atoms with Crippen molar-refractivity contribution in [3.8, 4) is 0 Å². The predicted octanol–water partition coefficient (Wildman–Crippen LogP) is 3.97. The number of ether oxygens (including phenoxy) is 2. The van der Waals surface area contributed by atoms with Crippen molar-refractivity contribution in [3.63, 3.8) is 0 Å². The van der Waals surface area contributed by atoms with E-state index in [1.807, 2.05) is 0 Å². The summed E-state index contributed by atoms with van der Waals surface area (Å²) < 4.78 is 11.2. The Hall–Kier alpha value is -1.98. The molecule has 0 N–H and O–H groups in total. The maximum Gasteiger partial charge on any atom is 0.0594 e. The normalized spacial score (nSPS) is 19.2. The summed E-state index contributed by atoms with van der Waals surface area (Å²) >= 11 is 0. The number of nitrogens with zero attached hydrogens (tertiary/aromatic N) is 2. The summed E-state index contributed by atoms with van der Waals surface area (Å²) in [6, 6.07) is 16.0. The van der Waals surface area contributed by atoms with Crippen LogP contribution in [0.4, 0.5) is 0 Å². The highest BCUT2D eigenvalue weighted by Gasteiger charge is 2.20. The number of aryl methyl sites for hydroxylation is 1. The number of morpholine rings is 2. The number of hydrogen-bond donors (Lipinski definition) is 0. The molecule has 0 bridgehead atoms. The lowest BCUT2D eigenvalue weighted by Crippen LogP contribution is -2.36. The molecule has 0 spiro atoms. The lowest BCUT2D eigenvalue weighted by Gasteiger charge is -2.30. The smallest absolute Gasteiger partial charge is 0.0594 e. The minimum absolute atomic E-state index is 0.837. The van der Waals surface area contributed by atoms with Crippen LogP contribution >= 0.6 is 0 Å². The Balaban J connectivity index is 1.67. The van der Waals surface area contributed by atoms with E-state index in [1.165, 1.54) is 38.2 Å². The molecular weight excluding hydrogens is 360 g/mol. The second-order valence-corrected chi connectivity index (χ2v) is 8.33. The number of hydrogen-bond acceptors (Lipinski definition) is 4. The Morgan fingerprint density at radius 3 is 1.69 bits per heavy atom. The standard InChI is InChI=1S/C25H30N2O2/c1-19-6-7-22-23(16-19)25(18-27-10-14-29-15-11-27)21-5-3-2-4-20(21)24(22)17-26-8-12-28-13-9-26/h2-7,16H,8-15,17-18H2,1H3. The number of fused-ring (bicyclic) bond motifs is 2. The van der Waals surface area contributed by atoms with Gasteiger partial charge in [0.1, 0.15) is 0 Å². The van der Waals surface area contributed by atoms with E-state index in [1.54, 1.807) is 0 Å². The van der Waals surface area contributed by atoms with Gasteiger partial charge in [0.05, 0.1) is 26.4 Å². The Kier molecular flexibility index (Phi) is 5.51. The van der Waals surface area contributed by atoms with Crippen LogP contribution in [0.3, 0.4) is 0 Å². The molecule has 0 aromatic heterocycles. The van der Waals surface area contributed by atoms with Gasteiger partial charge in [-0.2, -0.15) is 0 Å². The minimum Gasteiger partial charge on any atom is -0.379 e. The first-order chi connectivity index (χ1) is 14.3. The quantitative estimate of drug-likeness (QED) is 0.630. The second-order valence-electron chi connectivity index (χ2n) is 8.33. The maximum atomic E-state index is 5.58. The van der Waals surface area contributed by atoms with Crippen molar-refractivity contribution < 1.29 is 9.47 Å². The molecule has 0 saturated carbocycles. The Bertz CT molecular complexity index is 1000. The van der Waals surface area contributed by atoms with Gasteiger partial charge < -0.3 is 9.47 Å². The van der Waals surface area contributed by atoms with Crippen LogP contribution in [-0.2, 0) is 22.6 Å². The molecule has 5 rings (SSSR count). The minimum atomic E-state index is 0.837. The largest absolute Gasteiger partial charge is 0.379 e. The van der Waals surface area contributed by atoms with Crippen LogP contribution in [0, 0.1) is 6.92 Å². The van der Waals surface area contributed by atoms with E-state index in [0.29, 0.717) is 0 Å². The molecule has 3 aromatic rings. The van der Waals surface area contributed by atoms with Crippen LogP contribution in [-0.4, -0.2) is 62.4 Å². The zero-order valence-electron chi connectivity index (χ0n) is 17.3. The van der Waals surface area contributed by atoms with Crippen molar-refractivity contribution in [2.24, 2.45) is 0 Å². The molecule has 2 saturated heterocycles. The molecule has 2 fully saturated rings. The lowest BCUT2D eigenvalue weighted by atomic mass is 9.90. The third kappa shape index (κ3) is 3.90. The van der Waals surface area contributed by atoms with Gasteiger partial charge in [-0.25, -0.2) is 0 Å². The van der Waals surface area contributed by atoms with Crippen molar-refractivity contribution in [1.82, 2.24) is 9.80 Å². The molecule has 0 unspecified atom stereocenters. The summed E-state index contributed by atoms with van der Waals surface area (Å²) in [5.74, 6) is 0. The Labute approximate surface area is 173 Å². The SMILES string of the molecule is Cc1ccc2c(CN3CCOCC3)c3ccccc3c(CN3CCOCC3)c2c1. The van der Waals surface area contributed by atoms with Gasteiger partial charge in [0.2, 0.25) is 0 Å². The van der Waals surface area contributed by atoms with Gasteiger partial charge in [0.25, 0.3) is 0 Å². The van der Waals surface area contributed by atoms with Crippen LogP contribution in [0.5, 0.6) is 0 Å². The number of benzene rings is 3. The molecule has 2 aliphatic rings. The highest BCUT2D eigenvalue weighted by Crippen LogP contribution is 2.35. The van der Waals surface area contributed by atoms with Gasteiger partial charge in [-0.15, -0.1) is 0 Å². The molecule has 0 amide bonds. The Morgan fingerprint density at radius 1 is 0.655 bits per heavy atom. The molecule has 3 aromatic carbocycles. The molecule has 0 radical (unpaired) electrons. The average molecular weight is 391 g/mol. The summed E-state index contributed by atoms with van der Waals surface area (Å²) in [6.45, 7) is 11.6. The highest BCUT2D eigenvalue weighted by molar-refractivity contribution is 6.06. The fourth-order valence-electron chi connectivity index (χ4n) is 4.78. The first-order valence-corrected chi connectivity index (χ1v) is 10.8. The Morgan fingerprint density at radius 2 is 1.14 bits per heavy atom. The summed E-state index contributed by atoms with van der Waals surface area (Å²) in [5, 5.41) is 5.63. The van der Waals surface area contributed by atoms with Crippen molar-refractivity contribution in [2.75, 3.05) is 52.6 Å². The molecule has 4 heteroatoms. The summed E-state index contributed by atoms with van der Waals surface area (Å²) in [6.07, 6.45) is 0. The summed E-state index contributed by atoms with van der Waals surface area (Å²) in [5.41, 5.74) is 4.25. The van der Waals surface area contributed by atoms with Crippen LogP contribution < -0.4 is 0 Å². The van der Waals surface area contributed by atoms with E-state index in [2.05, 4.69) is 59.2 Å². The monoisotopic (exact) mass is 390 g/mol. The van der Waals surface area contributed by atoms with E-state index < -0.39 is 0 Å². The molecule has 2 aliphatic heterocycles. The van der Waals surface area contributed by atoms with Gasteiger partial charge in [-0.3, -0.25) is 9.80 Å². The molecule has 29 heavy (non-hydrogen) atoms. The molecular formula is C25H30N2O2. The van der Waals surface area contributed by atoms with Gasteiger partial charge in [-0.05, 0) is 39.6 Å². The van der Waals surface area contributed by atoms with Crippen molar-refractivity contribution in [3.05, 3.63) is 59.2 Å². The zero-order chi connectivity index (χ0) is 19.6. The van der Waals surface area contributed by atoms with Crippen molar-refractivity contribution >= 4 is 21.5 Å².